The molecule has 0 saturated heterocycles. The number of amides is 2. The summed E-state index contributed by atoms with van der Waals surface area (Å²) in [5, 5.41) is 5.44. The number of anilines is 2. The Morgan fingerprint density at radius 1 is 1.19 bits per heavy atom. The molecule has 2 N–H and O–H groups in total. The van der Waals surface area contributed by atoms with Crippen LogP contribution in [0.4, 0.5) is 11.4 Å². The van der Waals surface area contributed by atoms with Gasteiger partial charge in [0.15, 0.2) is 9.84 Å². The van der Waals surface area contributed by atoms with Gasteiger partial charge in [0.05, 0.1) is 36.2 Å². The SMILES string of the molecule is COc1ccc(NC(=O)CCS(=O)(=O)c2ccc3c(c2)NC(=O)C(C)CS3)c(OC)c1. The van der Waals surface area contributed by atoms with Crippen molar-refractivity contribution in [3.05, 3.63) is 36.4 Å². The molecule has 8 nitrogen and oxygen atoms in total. The number of benzene rings is 2. The monoisotopic (exact) mass is 464 g/mol. The van der Waals surface area contributed by atoms with Gasteiger partial charge in [-0.1, -0.05) is 6.92 Å². The Kier molecular flexibility index (Phi) is 7.11. The standard InChI is InChI=1S/C21H24N2O6S2/c1-13-12-30-19-7-5-15(11-17(19)23-21(13)25)31(26,27)9-8-20(24)22-16-6-4-14(28-2)10-18(16)29-3/h4-7,10-11,13H,8-9,12H2,1-3H3,(H,22,24)(H,23,25). The third-order valence-corrected chi connectivity index (χ3v) is 7.83. The second kappa shape index (κ2) is 9.61. The molecule has 31 heavy (non-hydrogen) atoms. The van der Waals surface area contributed by atoms with Gasteiger partial charge < -0.3 is 20.1 Å². The van der Waals surface area contributed by atoms with E-state index in [9.17, 15) is 18.0 Å². The molecule has 1 heterocycles. The van der Waals surface area contributed by atoms with Gasteiger partial charge in [0, 0.05) is 29.1 Å². The van der Waals surface area contributed by atoms with Crippen molar-refractivity contribution in [1.82, 2.24) is 0 Å². The second-order valence-corrected chi connectivity index (χ2v) is 10.2. The highest BCUT2D eigenvalue weighted by molar-refractivity contribution is 7.99. The summed E-state index contributed by atoms with van der Waals surface area (Å²) in [7, 11) is -0.741. The zero-order valence-corrected chi connectivity index (χ0v) is 19.1. The molecule has 0 aromatic heterocycles. The Morgan fingerprint density at radius 3 is 2.68 bits per heavy atom. The normalized spacial score (nSPS) is 16.0. The summed E-state index contributed by atoms with van der Waals surface area (Å²) >= 11 is 1.50. The van der Waals surface area contributed by atoms with E-state index in [1.165, 1.54) is 38.1 Å². The summed E-state index contributed by atoms with van der Waals surface area (Å²) in [6.45, 7) is 1.82. The Hall–Kier alpha value is -2.72. The molecule has 10 heteroatoms. The van der Waals surface area contributed by atoms with Crippen LogP contribution >= 0.6 is 11.8 Å². The zero-order chi connectivity index (χ0) is 22.6. The van der Waals surface area contributed by atoms with Crippen LogP contribution in [-0.4, -0.2) is 46.0 Å². The van der Waals surface area contributed by atoms with Gasteiger partial charge in [-0.15, -0.1) is 11.8 Å². The van der Waals surface area contributed by atoms with Crippen LogP contribution in [0.5, 0.6) is 11.5 Å². The van der Waals surface area contributed by atoms with Crippen LogP contribution in [0.1, 0.15) is 13.3 Å². The highest BCUT2D eigenvalue weighted by Crippen LogP contribution is 2.34. The van der Waals surface area contributed by atoms with E-state index in [1.54, 1.807) is 24.3 Å². The molecule has 3 rings (SSSR count). The lowest BCUT2D eigenvalue weighted by Gasteiger charge is -2.12. The Labute approximate surface area is 185 Å². The van der Waals surface area contributed by atoms with Crippen LogP contribution in [0.15, 0.2) is 46.2 Å². The van der Waals surface area contributed by atoms with E-state index in [4.69, 9.17) is 9.47 Å². The average Bonchev–Trinajstić information content (AvgIpc) is 2.90. The summed E-state index contributed by atoms with van der Waals surface area (Å²) < 4.78 is 35.9. The number of sulfone groups is 1. The fourth-order valence-electron chi connectivity index (χ4n) is 2.93. The summed E-state index contributed by atoms with van der Waals surface area (Å²) in [4.78, 5) is 25.3. The first-order valence-corrected chi connectivity index (χ1v) is 12.2. The molecule has 0 bridgehead atoms. The molecule has 0 aliphatic carbocycles. The van der Waals surface area contributed by atoms with Crippen molar-refractivity contribution in [2.45, 2.75) is 23.1 Å². The minimum absolute atomic E-state index is 0.0662. The van der Waals surface area contributed by atoms with Crippen molar-refractivity contribution < 1.29 is 27.5 Å². The molecule has 2 amide bonds. The Balaban J connectivity index is 1.68. The maximum atomic E-state index is 12.8. The summed E-state index contributed by atoms with van der Waals surface area (Å²) in [5.41, 5.74) is 0.900. The number of hydrogen-bond acceptors (Lipinski definition) is 7. The minimum atomic E-state index is -3.72. The first-order valence-electron chi connectivity index (χ1n) is 9.56. The van der Waals surface area contributed by atoms with Crippen molar-refractivity contribution in [2.24, 2.45) is 5.92 Å². The van der Waals surface area contributed by atoms with Crippen LogP contribution in [0, 0.1) is 5.92 Å². The molecule has 1 aliphatic rings. The van der Waals surface area contributed by atoms with Crippen molar-refractivity contribution in [3.63, 3.8) is 0 Å². The zero-order valence-electron chi connectivity index (χ0n) is 17.4. The molecule has 0 spiro atoms. The van der Waals surface area contributed by atoms with Gasteiger partial charge in [0.1, 0.15) is 11.5 Å². The Bertz CT molecular complexity index is 1100. The van der Waals surface area contributed by atoms with Gasteiger partial charge >= 0.3 is 0 Å². The molecular formula is C21H24N2O6S2. The number of carbonyl (C=O) groups excluding carboxylic acids is 2. The molecule has 1 unspecified atom stereocenters. The van der Waals surface area contributed by atoms with Crippen LogP contribution in [-0.2, 0) is 19.4 Å². The van der Waals surface area contributed by atoms with Crippen LogP contribution in [0.2, 0.25) is 0 Å². The molecular weight excluding hydrogens is 440 g/mol. The number of methoxy groups -OCH3 is 2. The second-order valence-electron chi connectivity index (χ2n) is 7.04. The molecule has 0 saturated carbocycles. The van der Waals surface area contributed by atoms with Crippen molar-refractivity contribution in [3.8, 4) is 11.5 Å². The average molecular weight is 465 g/mol. The summed E-state index contributed by atoms with van der Waals surface area (Å²) in [6.07, 6.45) is -0.229. The molecule has 1 atom stereocenters. The number of hydrogen-bond donors (Lipinski definition) is 2. The van der Waals surface area contributed by atoms with Gasteiger partial charge in [-0.2, -0.15) is 0 Å². The minimum Gasteiger partial charge on any atom is -0.497 e. The number of carbonyl (C=O) groups is 2. The lowest BCUT2D eigenvalue weighted by Crippen LogP contribution is -2.20. The Morgan fingerprint density at radius 2 is 1.97 bits per heavy atom. The van der Waals surface area contributed by atoms with Crippen LogP contribution in [0.25, 0.3) is 0 Å². The van der Waals surface area contributed by atoms with Crippen LogP contribution in [0.3, 0.4) is 0 Å². The van der Waals surface area contributed by atoms with E-state index >= 15 is 0 Å². The number of fused-ring (bicyclic) bond motifs is 1. The summed E-state index contributed by atoms with van der Waals surface area (Å²) in [6, 6.07) is 9.56. The lowest BCUT2D eigenvalue weighted by atomic mass is 10.2. The fourth-order valence-corrected chi connectivity index (χ4v) is 5.21. The van der Waals surface area contributed by atoms with Gasteiger partial charge in [-0.25, -0.2) is 8.42 Å². The van der Waals surface area contributed by atoms with E-state index in [0.29, 0.717) is 28.6 Å². The fraction of sp³-hybridized carbons (Fsp3) is 0.333. The van der Waals surface area contributed by atoms with E-state index in [2.05, 4.69) is 10.6 Å². The van der Waals surface area contributed by atoms with Gasteiger partial charge in [-0.05, 0) is 30.3 Å². The van der Waals surface area contributed by atoms with Gasteiger partial charge in [-0.3, -0.25) is 9.59 Å². The van der Waals surface area contributed by atoms with E-state index < -0.39 is 15.7 Å². The third kappa shape index (κ3) is 5.50. The predicted molar refractivity (Wildman–Crippen MR) is 120 cm³/mol. The first-order chi connectivity index (χ1) is 14.7. The quantitative estimate of drug-likeness (QED) is 0.647. The van der Waals surface area contributed by atoms with Gasteiger partial charge in [0.2, 0.25) is 11.8 Å². The highest BCUT2D eigenvalue weighted by atomic mass is 32.2. The first kappa shape index (κ1) is 23.0. The van der Waals surface area contributed by atoms with E-state index in [-0.39, 0.29) is 28.9 Å². The van der Waals surface area contributed by atoms with Crippen LogP contribution < -0.4 is 20.1 Å². The number of nitrogens with one attached hydrogen (secondary N) is 2. The van der Waals surface area contributed by atoms with E-state index in [1.807, 2.05) is 6.92 Å². The topological polar surface area (TPSA) is 111 Å². The van der Waals surface area contributed by atoms with Gasteiger partial charge in [0.25, 0.3) is 0 Å². The number of rotatable bonds is 7. The summed E-state index contributed by atoms with van der Waals surface area (Å²) in [5.74, 6) is 0.460. The van der Waals surface area contributed by atoms with Crippen molar-refractivity contribution in [2.75, 3.05) is 36.4 Å². The predicted octanol–water partition coefficient (Wildman–Crippen LogP) is 3.19. The number of ether oxygens (including phenoxy) is 2. The maximum absolute atomic E-state index is 12.8. The maximum Gasteiger partial charge on any atom is 0.228 e. The highest BCUT2D eigenvalue weighted by Gasteiger charge is 2.23. The third-order valence-electron chi connectivity index (χ3n) is 4.79. The number of thioether (sulfide) groups is 1. The van der Waals surface area contributed by atoms with Crippen molar-refractivity contribution in [1.29, 1.82) is 0 Å². The smallest absolute Gasteiger partial charge is 0.228 e. The van der Waals surface area contributed by atoms with Crippen molar-refractivity contribution >= 4 is 44.8 Å². The largest absolute Gasteiger partial charge is 0.497 e. The molecule has 2 aromatic carbocycles. The molecule has 2 aromatic rings. The molecule has 0 radical (unpaired) electrons. The molecule has 0 fully saturated rings. The lowest BCUT2D eigenvalue weighted by molar-refractivity contribution is -0.118. The molecule has 1 aliphatic heterocycles. The molecule has 166 valence electrons. The van der Waals surface area contributed by atoms with E-state index in [0.717, 1.165) is 4.90 Å².